The zero-order valence-electron chi connectivity index (χ0n) is 17.7. The number of carbonyl (C=O) groups excluding carboxylic acids is 1. The van der Waals surface area contributed by atoms with Gasteiger partial charge in [-0.15, -0.1) is 0 Å². The van der Waals surface area contributed by atoms with Crippen LogP contribution in [0.5, 0.6) is 0 Å². The van der Waals surface area contributed by atoms with E-state index in [9.17, 15) is 9.59 Å². The lowest BCUT2D eigenvalue weighted by atomic mass is 9.95. The average molecular weight is 487 g/mol. The van der Waals surface area contributed by atoms with Crippen LogP contribution in [0.3, 0.4) is 0 Å². The molecule has 0 amide bonds. The number of aryl methyl sites for hydroxylation is 1. The third-order valence-electron chi connectivity index (χ3n) is 5.16. The number of hydrogen-bond donors (Lipinski definition) is 0. The second-order valence-corrected chi connectivity index (χ2v) is 9.23. The van der Waals surface area contributed by atoms with Crippen LogP contribution in [0.25, 0.3) is 6.08 Å². The van der Waals surface area contributed by atoms with E-state index in [2.05, 4.69) is 4.99 Å². The Bertz CT molecular complexity index is 1420. The van der Waals surface area contributed by atoms with Crippen molar-refractivity contribution in [3.05, 3.63) is 100 Å². The van der Waals surface area contributed by atoms with E-state index in [0.717, 1.165) is 11.1 Å². The molecule has 0 N–H and O–H groups in total. The Labute approximate surface area is 198 Å². The van der Waals surface area contributed by atoms with E-state index in [1.807, 2.05) is 31.2 Å². The Hall–Kier alpha value is -2.67. The number of hydrogen-bond acceptors (Lipinski definition) is 5. The second kappa shape index (κ2) is 9.06. The monoisotopic (exact) mass is 486 g/mol. The number of carbonyl (C=O) groups is 1. The van der Waals surface area contributed by atoms with Gasteiger partial charge in [-0.2, -0.15) is 0 Å². The van der Waals surface area contributed by atoms with Crippen molar-refractivity contribution in [1.29, 1.82) is 0 Å². The van der Waals surface area contributed by atoms with Gasteiger partial charge in [0.1, 0.15) is 0 Å². The highest BCUT2D eigenvalue weighted by molar-refractivity contribution is 7.07. The Morgan fingerprint density at radius 1 is 1.19 bits per heavy atom. The Kier molecular flexibility index (Phi) is 6.38. The molecular weight excluding hydrogens is 467 g/mol. The van der Waals surface area contributed by atoms with Crippen molar-refractivity contribution >= 4 is 46.6 Å². The molecule has 8 heteroatoms. The summed E-state index contributed by atoms with van der Waals surface area (Å²) in [6.07, 6.45) is 1.72. The van der Waals surface area contributed by atoms with Crippen molar-refractivity contribution in [2.24, 2.45) is 4.99 Å². The van der Waals surface area contributed by atoms with E-state index in [1.165, 1.54) is 11.3 Å². The first-order valence-electron chi connectivity index (χ1n) is 10.0. The molecule has 0 bridgehead atoms. The summed E-state index contributed by atoms with van der Waals surface area (Å²) in [6, 6.07) is 12.2. The minimum atomic E-state index is -0.631. The van der Waals surface area contributed by atoms with Gasteiger partial charge in [0.05, 0.1) is 28.5 Å². The van der Waals surface area contributed by atoms with Crippen molar-refractivity contribution < 1.29 is 9.53 Å². The quantitative estimate of drug-likeness (QED) is 0.513. The molecule has 1 atom stereocenters. The van der Waals surface area contributed by atoms with Crippen molar-refractivity contribution in [2.45, 2.75) is 26.8 Å². The van der Waals surface area contributed by atoms with Crippen molar-refractivity contribution in [1.82, 2.24) is 4.57 Å². The smallest absolute Gasteiger partial charge is 0.338 e. The maximum atomic E-state index is 13.5. The highest BCUT2D eigenvalue weighted by atomic mass is 35.5. The standard InChI is InChI=1S/C24H20Cl2N2O3S/c1-4-31-23(30)20-14(3)27-24-28(21(20)15-7-5-13(2)6-8-15)22(29)19(32-24)11-16-9-10-17(25)12-18(16)26/h5-12,21H,4H2,1-3H3. The summed E-state index contributed by atoms with van der Waals surface area (Å²) in [5, 5.41) is 0.962. The Morgan fingerprint density at radius 2 is 1.91 bits per heavy atom. The fourth-order valence-corrected chi connectivity index (χ4v) is 5.12. The van der Waals surface area contributed by atoms with Gasteiger partial charge in [-0.25, -0.2) is 9.79 Å². The zero-order chi connectivity index (χ0) is 23.0. The molecule has 1 aliphatic heterocycles. The first kappa shape index (κ1) is 22.5. The molecule has 2 heterocycles. The van der Waals surface area contributed by atoms with Crippen LogP contribution >= 0.6 is 34.5 Å². The van der Waals surface area contributed by atoms with Crippen molar-refractivity contribution in [2.75, 3.05) is 6.61 Å². The Morgan fingerprint density at radius 3 is 2.56 bits per heavy atom. The molecule has 164 valence electrons. The number of fused-ring (bicyclic) bond motifs is 1. The van der Waals surface area contributed by atoms with E-state index >= 15 is 0 Å². The largest absolute Gasteiger partial charge is 0.463 e. The summed E-state index contributed by atoms with van der Waals surface area (Å²) >= 11 is 13.6. The van der Waals surface area contributed by atoms with Gasteiger partial charge in [-0.1, -0.05) is 70.4 Å². The number of aromatic nitrogens is 1. The van der Waals surface area contributed by atoms with Crippen LogP contribution in [0.2, 0.25) is 10.0 Å². The second-order valence-electron chi connectivity index (χ2n) is 7.38. The normalized spacial score (nSPS) is 16.0. The van der Waals surface area contributed by atoms with Crippen LogP contribution in [0.1, 0.15) is 36.6 Å². The molecule has 0 saturated heterocycles. The number of thiazole rings is 1. The molecule has 1 aromatic heterocycles. The minimum Gasteiger partial charge on any atom is -0.463 e. The number of benzene rings is 2. The van der Waals surface area contributed by atoms with Crippen LogP contribution in [0.15, 0.2) is 63.5 Å². The van der Waals surface area contributed by atoms with Gasteiger partial charge >= 0.3 is 5.97 Å². The number of nitrogens with zero attached hydrogens (tertiary/aromatic N) is 2. The molecule has 1 unspecified atom stereocenters. The molecule has 2 aromatic carbocycles. The van der Waals surface area contributed by atoms with Gasteiger partial charge in [0.25, 0.3) is 5.56 Å². The first-order chi connectivity index (χ1) is 15.3. The Balaban J connectivity index is 1.96. The molecule has 0 aliphatic carbocycles. The van der Waals surface area contributed by atoms with Crippen LogP contribution in [-0.4, -0.2) is 17.1 Å². The van der Waals surface area contributed by atoms with Crippen LogP contribution < -0.4 is 14.9 Å². The van der Waals surface area contributed by atoms with E-state index < -0.39 is 12.0 Å². The van der Waals surface area contributed by atoms with E-state index in [0.29, 0.717) is 36.2 Å². The summed E-state index contributed by atoms with van der Waals surface area (Å²) in [4.78, 5) is 31.5. The highest BCUT2D eigenvalue weighted by Crippen LogP contribution is 2.31. The molecule has 4 rings (SSSR count). The lowest BCUT2D eigenvalue weighted by Crippen LogP contribution is -2.39. The molecule has 1 aliphatic rings. The molecule has 3 aromatic rings. The predicted octanol–water partition coefficient (Wildman–Crippen LogP) is 4.41. The molecule has 0 fully saturated rings. The van der Waals surface area contributed by atoms with Crippen LogP contribution in [0, 0.1) is 6.92 Å². The number of rotatable bonds is 4. The fourth-order valence-electron chi connectivity index (χ4n) is 3.62. The maximum absolute atomic E-state index is 13.5. The lowest BCUT2D eigenvalue weighted by Gasteiger charge is -2.24. The lowest BCUT2D eigenvalue weighted by molar-refractivity contribution is -0.139. The van der Waals surface area contributed by atoms with E-state index in [-0.39, 0.29) is 12.2 Å². The first-order valence-corrected chi connectivity index (χ1v) is 11.6. The molecular formula is C24H20Cl2N2O3S. The number of allylic oxidation sites excluding steroid dienone is 1. The number of ether oxygens (including phenoxy) is 1. The fraction of sp³-hybridized carbons (Fsp3) is 0.208. The predicted molar refractivity (Wildman–Crippen MR) is 128 cm³/mol. The van der Waals surface area contributed by atoms with E-state index in [1.54, 1.807) is 42.7 Å². The van der Waals surface area contributed by atoms with Gasteiger partial charge in [0.15, 0.2) is 4.80 Å². The van der Waals surface area contributed by atoms with Gasteiger partial charge in [-0.05, 0) is 50.1 Å². The zero-order valence-corrected chi connectivity index (χ0v) is 20.0. The van der Waals surface area contributed by atoms with Gasteiger partial charge < -0.3 is 4.74 Å². The molecule has 32 heavy (non-hydrogen) atoms. The third kappa shape index (κ3) is 4.18. The SMILES string of the molecule is CCOC(=O)C1=C(C)N=c2sc(=Cc3ccc(Cl)cc3Cl)c(=O)n2C1c1ccc(C)cc1. The van der Waals surface area contributed by atoms with Gasteiger partial charge in [-0.3, -0.25) is 9.36 Å². The maximum Gasteiger partial charge on any atom is 0.338 e. The summed E-state index contributed by atoms with van der Waals surface area (Å²) in [6.45, 7) is 5.73. The molecule has 0 saturated carbocycles. The number of esters is 1. The highest BCUT2D eigenvalue weighted by Gasteiger charge is 2.33. The summed E-state index contributed by atoms with van der Waals surface area (Å²) in [7, 11) is 0. The minimum absolute atomic E-state index is 0.232. The van der Waals surface area contributed by atoms with Crippen LogP contribution in [0.4, 0.5) is 0 Å². The van der Waals surface area contributed by atoms with Crippen molar-refractivity contribution in [3.8, 4) is 0 Å². The summed E-state index contributed by atoms with van der Waals surface area (Å²) < 4.78 is 7.33. The van der Waals surface area contributed by atoms with Crippen LogP contribution in [-0.2, 0) is 9.53 Å². The molecule has 0 radical (unpaired) electrons. The summed E-state index contributed by atoms with van der Waals surface area (Å²) in [5.74, 6) is -0.477. The molecule has 5 nitrogen and oxygen atoms in total. The topological polar surface area (TPSA) is 60.7 Å². The van der Waals surface area contributed by atoms with Gasteiger partial charge in [0.2, 0.25) is 0 Å². The summed E-state index contributed by atoms with van der Waals surface area (Å²) in [5.41, 5.74) is 3.21. The average Bonchev–Trinajstić information content (AvgIpc) is 3.04. The number of halogens is 2. The van der Waals surface area contributed by atoms with Gasteiger partial charge in [0, 0.05) is 10.0 Å². The van der Waals surface area contributed by atoms with E-state index in [4.69, 9.17) is 27.9 Å². The third-order valence-corrected chi connectivity index (χ3v) is 6.70. The molecule has 0 spiro atoms. The van der Waals surface area contributed by atoms with Crippen molar-refractivity contribution in [3.63, 3.8) is 0 Å².